The second-order valence-electron chi connectivity index (χ2n) is 4.89. The van der Waals surface area contributed by atoms with Gasteiger partial charge in [0.25, 0.3) is 0 Å². The minimum Gasteiger partial charge on any atom is -0.377 e. The molecule has 2 heterocycles. The largest absolute Gasteiger partial charge is 0.377 e. The molecule has 2 aliphatic rings. The van der Waals surface area contributed by atoms with Crippen LogP contribution in [0.1, 0.15) is 12.8 Å². The Kier molecular flexibility index (Phi) is 3.56. The first-order valence-electron chi connectivity index (χ1n) is 6.27. The van der Waals surface area contributed by atoms with E-state index in [4.69, 9.17) is 27.9 Å². The number of carbonyl (C=O) groups excluding carboxylic acids is 1. The van der Waals surface area contributed by atoms with Gasteiger partial charge in [-0.05, 0) is 31.0 Å². The molecule has 0 spiro atoms. The third-order valence-electron chi connectivity index (χ3n) is 3.65. The predicted octanol–water partition coefficient (Wildman–Crippen LogP) is 3.39. The number of nitrogens with one attached hydrogen (secondary N) is 1. The molecule has 1 N–H and O–H groups in total. The Labute approximate surface area is 121 Å². The Bertz CT molecular complexity index is 493. The molecule has 102 valence electrons. The van der Waals surface area contributed by atoms with Crippen LogP contribution in [0.25, 0.3) is 0 Å². The number of hydrogen-bond donors (Lipinski definition) is 1. The topological polar surface area (TPSA) is 41.6 Å². The Morgan fingerprint density at radius 1 is 1.21 bits per heavy atom. The molecule has 2 atom stereocenters. The number of hydrogen-bond acceptors (Lipinski definition) is 2. The molecule has 2 unspecified atom stereocenters. The molecule has 2 aliphatic heterocycles. The molecule has 0 aliphatic carbocycles. The zero-order valence-electron chi connectivity index (χ0n) is 10.2. The molecule has 1 aromatic carbocycles. The quantitative estimate of drug-likeness (QED) is 0.864. The van der Waals surface area contributed by atoms with Crippen LogP contribution in [0.15, 0.2) is 18.2 Å². The van der Waals surface area contributed by atoms with E-state index in [1.54, 1.807) is 18.2 Å². The summed E-state index contributed by atoms with van der Waals surface area (Å²) in [5.41, 5.74) is 0.658. The lowest BCUT2D eigenvalue weighted by Gasteiger charge is -2.34. The predicted molar refractivity (Wildman–Crippen MR) is 74.9 cm³/mol. The lowest BCUT2D eigenvalue weighted by molar-refractivity contribution is 0.00949. The second kappa shape index (κ2) is 5.19. The molecule has 2 saturated heterocycles. The lowest BCUT2D eigenvalue weighted by atomic mass is 10.2. The Morgan fingerprint density at radius 3 is 2.53 bits per heavy atom. The molecule has 2 fully saturated rings. The number of anilines is 1. The first-order valence-corrected chi connectivity index (χ1v) is 7.03. The summed E-state index contributed by atoms with van der Waals surface area (Å²) in [5, 5.41) is 3.78. The van der Waals surface area contributed by atoms with Gasteiger partial charge in [0.15, 0.2) is 0 Å². The van der Waals surface area contributed by atoms with Crippen molar-refractivity contribution in [2.24, 2.45) is 0 Å². The fraction of sp³-hybridized carbons (Fsp3) is 0.462. The van der Waals surface area contributed by atoms with Gasteiger partial charge in [-0.2, -0.15) is 0 Å². The van der Waals surface area contributed by atoms with E-state index >= 15 is 0 Å². The van der Waals surface area contributed by atoms with E-state index in [0.717, 1.165) is 12.8 Å². The number of ether oxygens (including phenoxy) is 1. The number of urea groups is 1. The van der Waals surface area contributed by atoms with Crippen LogP contribution in [0.2, 0.25) is 10.0 Å². The van der Waals surface area contributed by atoms with Crippen LogP contribution in [-0.4, -0.2) is 36.2 Å². The van der Waals surface area contributed by atoms with Gasteiger partial charge in [-0.25, -0.2) is 4.79 Å². The van der Waals surface area contributed by atoms with Crippen molar-refractivity contribution in [2.45, 2.75) is 24.9 Å². The number of nitrogens with zero attached hydrogens (tertiary/aromatic N) is 1. The molecule has 0 radical (unpaired) electrons. The number of morpholine rings is 1. The van der Waals surface area contributed by atoms with E-state index < -0.39 is 0 Å². The highest BCUT2D eigenvalue weighted by molar-refractivity contribution is 6.42. The summed E-state index contributed by atoms with van der Waals surface area (Å²) in [7, 11) is 0. The summed E-state index contributed by atoms with van der Waals surface area (Å²) < 4.78 is 5.46. The van der Waals surface area contributed by atoms with Crippen LogP contribution in [0, 0.1) is 0 Å². The molecular formula is C13H14Cl2N2O2. The van der Waals surface area contributed by atoms with Gasteiger partial charge in [0.05, 0.1) is 35.3 Å². The average molecular weight is 301 g/mol. The third kappa shape index (κ3) is 2.53. The summed E-state index contributed by atoms with van der Waals surface area (Å²) in [6, 6.07) is 5.38. The Balaban J connectivity index is 1.72. The summed E-state index contributed by atoms with van der Waals surface area (Å²) >= 11 is 11.8. The SMILES string of the molecule is O=C(Nc1ccc(Cl)c(Cl)c1)N1C2CCC1COC2. The fourth-order valence-electron chi connectivity index (χ4n) is 2.72. The molecular weight excluding hydrogens is 287 g/mol. The maximum absolute atomic E-state index is 12.3. The molecule has 0 saturated carbocycles. The van der Waals surface area contributed by atoms with E-state index in [1.807, 2.05) is 4.90 Å². The van der Waals surface area contributed by atoms with Crippen LogP contribution in [0.4, 0.5) is 10.5 Å². The first kappa shape index (κ1) is 13.0. The highest BCUT2D eigenvalue weighted by Crippen LogP contribution is 2.30. The van der Waals surface area contributed by atoms with Crippen LogP contribution in [0.5, 0.6) is 0 Å². The summed E-state index contributed by atoms with van der Waals surface area (Å²) in [4.78, 5) is 14.2. The number of amides is 2. The number of fused-ring (bicyclic) bond motifs is 2. The van der Waals surface area contributed by atoms with Gasteiger partial charge in [-0.15, -0.1) is 0 Å². The van der Waals surface area contributed by atoms with Crippen molar-refractivity contribution < 1.29 is 9.53 Å². The fourth-order valence-corrected chi connectivity index (χ4v) is 3.02. The smallest absolute Gasteiger partial charge is 0.322 e. The summed E-state index contributed by atoms with van der Waals surface area (Å²) in [6.45, 7) is 1.26. The molecule has 0 aromatic heterocycles. The molecule has 19 heavy (non-hydrogen) atoms. The zero-order chi connectivity index (χ0) is 13.4. The van der Waals surface area contributed by atoms with Gasteiger partial charge in [0.1, 0.15) is 0 Å². The van der Waals surface area contributed by atoms with Crippen molar-refractivity contribution in [1.82, 2.24) is 4.90 Å². The Hall–Kier alpha value is -0.970. The molecule has 2 amide bonds. The van der Waals surface area contributed by atoms with Crippen LogP contribution in [0.3, 0.4) is 0 Å². The lowest BCUT2D eigenvalue weighted by Crippen LogP contribution is -2.50. The van der Waals surface area contributed by atoms with E-state index in [9.17, 15) is 4.79 Å². The van der Waals surface area contributed by atoms with Crippen LogP contribution >= 0.6 is 23.2 Å². The van der Waals surface area contributed by atoms with Gasteiger partial charge in [0.2, 0.25) is 0 Å². The summed E-state index contributed by atoms with van der Waals surface area (Å²) in [5.74, 6) is 0. The van der Waals surface area contributed by atoms with Gasteiger partial charge in [-0.3, -0.25) is 0 Å². The third-order valence-corrected chi connectivity index (χ3v) is 4.38. The van der Waals surface area contributed by atoms with Gasteiger partial charge in [-0.1, -0.05) is 23.2 Å². The van der Waals surface area contributed by atoms with E-state index in [-0.39, 0.29) is 18.1 Å². The van der Waals surface area contributed by atoms with Gasteiger partial charge < -0.3 is 15.0 Å². The maximum Gasteiger partial charge on any atom is 0.322 e. The number of benzene rings is 1. The van der Waals surface area contributed by atoms with Gasteiger partial charge >= 0.3 is 6.03 Å². The highest BCUT2D eigenvalue weighted by Gasteiger charge is 2.40. The van der Waals surface area contributed by atoms with Crippen molar-refractivity contribution >= 4 is 34.9 Å². The molecule has 2 bridgehead atoms. The van der Waals surface area contributed by atoms with Crippen molar-refractivity contribution in [3.05, 3.63) is 28.2 Å². The molecule has 4 nitrogen and oxygen atoms in total. The van der Waals surface area contributed by atoms with Crippen molar-refractivity contribution in [2.75, 3.05) is 18.5 Å². The van der Waals surface area contributed by atoms with Crippen molar-refractivity contribution in [3.63, 3.8) is 0 Å². The monoisotopic (exact) mass is 300 g/mol. The number of rotatable bonds is 1. The van der Waals surface area contributed by atoms with E-state index in [0.29, 0.717) is 28.9 Å². The van der Waals surface area contributed by atoms with E-state index in [2.05, 4.69) is 5.32 Å². The van der Waals surface area contributed by atoms with Gasteiger partial charge in [0, 0.05) is 5.69 Å². The number of carbonyl (C=O) groups is 1. The number of halogens is 2. The zero-order valence-corrected chi connectivity index (χ0v) is 11.7. The second-order valence-corrected chi connectivity index (χ2v) is 5.70. The average Bonchev–Trinajstić information content (AvgIpc) is 2.64. The highest BCUT2D eigenvalue weighted by atomic mass is 35.5. The standard InChI is InChI=1S/C13H14Cl2N2O2/c14-11-4-1-8(5-12(11)15)16-13(18)17-9-2-3-10(17)7-19-6-9/h1,4-5,9-10H,2-3,6-7H2,(H,16,18). The van der Waals surface area contributed by atoms with Crippen LogP contribution < -0.4 is 5.32 Å². The first-order chi connectivity index (χ1) is 9.15. The minimum atomic E-state index is -0.0887. The molecule has 1 aromatic rings. The molecule has 6 heteroatoms. The minimum absolute atomic E-state index is 0.0887. The van der Waals surface area contributed by atoms with Crippen molar-refractivity contribution in [1.29, 1.82) is 0 Å². The Morgan fingerprint density at radius 2 is 1.89 bits per heavy atom. The van der Waals surface area contributed by atoms with Crippen molar-refractivity contribution in [3.8, 4) is 0 Å². The van der Waals surface area contributed by atoms with Crippen LogP contribution in [-0.2, 0) is 4.74 Å². The normalized spacial score (nSPS) is 25.5. The maximum atomic E-state index is 12.3. The molecule has 3 rings (SSSR count). The summed E-state index contributed by atoms with van der Waals surface area (Å²) in [6.07, 6.45) is 2.03. The van der Waals surface area contributed by atoms with E-state index in [1.165, 1.54) is 0 Å².